The quantitative estimate of drug-likeness (QED) is 0.790. The molecule has 1 rings (SSSR count). The summed E-state index contributed by atoms with van der Waals surface area (Å²) in [4.78, 5) is 2.30. The first-order valence-electron chi connectivity index (χ1n) is 6.25. The second-order valence-corrected chi connectivity index (χ2v) is 4.29. The molecule has 16 heavy (non-hydrogen) atoms. The molecule has 0 bridgehead atoms. The molecule has 0 radical (unpaired) electrons. The van der Waals surface area contributed by atoms with Gasteiger partial charge < -0.3 is 10.0 Å². The van der Waals surface area contributed by atoms with Crippen molar-refractivity contribution >= 4 is 5.69 Å². The lowest BCUT2D eigenvalue weighted by atomic mass is 10.1. The van der Waals surface area contributed by atoms with Crippen LogP contribution in [0.5, 0.6) is 5.75 Å². The second kappa shape index (κ2) is 6.41. The number of nitrogens with zero attached hydrogens (tertiary/aromatic N) is 1. The molecule has 0 spiro atoms. The normalized spacial score (nSPS) is 12.4. The number of aromatic hydroxyl groups is 1. The third-order valence-corrected chi connectivity index (χ3v) is 3.07. The molecular formula is C14H23NO. The van der Waals surface area contributed by atoms with E-state index in [-0.39, 0.29) is 0 Å². The van der Waals surface area contributed by atoms with Crippen LogP contribution in [0.25, 0.3) is 0 Å². The van der Waals surface area contributed by atoms with E-state index < -0.39 is 0 Å². The van der Waals surface area contributed by atoms with Gasteiger partial charge in [0.15, 0.2) is 0 Å². The number of rotatable bonds is 6. The number of phenolic OH excluding ortho intramolecular Hbond substituents is 1. The van der Waals surface area contributed by atoms with Gasteiger partial charge in [-0.05, 0) is 31.9 Å². The van der Waals surface area contributed by atoms with Crippen LogP contribution in [0.1, 0.15) is 40.0 Å². The minimum absolute atomic E-state index is 0.388. The van der Waals surface area contributed by atoms with Crippen LogP contribution < -0.4 is 4.90 Å². The Morgan fingerprint density at radius 1 is 1.25 bits per heavy atom. The molecule has 2 nitrogen and oxygen atoms in total. The van der Waals surface area contributed by atoms with E-state index in [0.29, 0.717) is 11.8 Å². The summed E-state index contributed by atoms with van der Waals surface area (Å²) in [5.74, 6) is 0.388. The van der Waals surface area contributed by atoms with Crippen molar-refractivity contribution in [2.75, 3.05) is 11.4 Å². The average Bonchev–Trinajstić information content (AvgIpc) is 2.31. The maximum absolute atomic E-state index is 9.88. The van der Waals surface area contributed by atoms with Crippen LogP contribution in [0.4, 0.5) is 5.69 Å². The van der Waals surface area contributed by atoms with Gasteiger partial charge in [0.1, 0.15) is 5.75 Å². The number of benzene rings is 1. The van der Waals surface area contributed by atoms with Crippen LogP contribution in [0.15, 0.2) is 24.3 Å². The Balaban J connectivity index is 2.87. The van der Waals surface area contributed by atoms with Gasteiger partial charge in [-0.25, -0.2) is 0 Å². The summed E-state index contributed by atoms with van der Waals surface area (Å²) < 4.78 is 0. The number of unbranched alkanes of at least 4 members (excludes halogenated alkanes) is 1. The highest BCUT2D eigenvalue weighted by atomic mass is 16.3. The molecule has 90 valence electrons. The molecule has 1 aromatic carbocycles. The first-order chi connectivity index (χ1) is 7.70. The minimum atomic E-state index is 0.388. The molecule has 1 unspecified atom stereocenters. The highest BCUT2D eigenvalue weighted by Crippen LogP contribution is 2.28. The Hall–Kier alpha value is -1.18. The van der Waals surface area contributed by atoms with Crippen molar-refractivity contribution in [2.24, 2.45) is 0 Å². The van der Waals surface area contributed by atoms with Gasteiger partial charge >= 0.3 is 0 Å². The van der Waals surface area contributed by atoms with Crippen LogP contribution in [0, 0.1) is 0 Å². The summed E-state index contributed by atoms with van der Waals surface area (Å²) in [6.07, 6.45) is 3.44. The Morgan fingerprint density at radius 2 is 1.94 bits per heavy atom. The van der Waals surface area contributed by atoms with Gasteiger partial charge in [-0.1, -0.05) is 32.4 Å². The molecule has 0 saturated heterocycles. The summed E-state index contributed by atoms with van der Waals surface area (Å²) in [6.45, 7) is 7.61. The summed E-state index contributed by atoms with van der Waals surface area (Å²) in [7, 11) is 0. The molecule has 0 aromatic heterocycles. The molecule has 1 aromatic rings. The Bertz CT molecular complexity index is 311. The standard InChI is InChI=1S/C14H23NO/c1-4-6-11-15(12(3)5-2)13-9-7-8-10-14(13)16/h7-10,12,16H,4-6,11H2,1-3H3. The van der Waals surface area contributed by atoms with Gasteiger partial charge in [-0.3, -0.25) is 0 Å². The lowest BCUT2D eigenvalue weighted by Crippen LogP contribution is -2.33. The summed E-state index contributed by atoms with van der Waals surface area (Å²) in [5, 5.41) is 9.88. The third-order valence-electron chi connectivity index (χ3n) is 3.07. The number of hydrogen-bond donors (Lipinski definition) is 1. The first kappa shape index (κ1) is 12.9. The van der Waals surface area contributed by atoms with Crippen molar-refractivity contribution in [1.29, 1.82) is 0 Å². The van der Waals surface area contributed by atoms with Gasteiger partial charge in [-0.15, -0.1) is 0 Å². The molecule has 1 N–H and O–H groups in total. The smallest absolute Gasteiger partial charge is 0.138 e. The Labute approximate surface area is 98.9 Å². The van der Waals surface area contributed by atoms with Crippen molar-refractivity contribution in [3.63, 3.8) is 0 Å². The zero-order valence-corrected chi connectivity index (χ0v) is 10.6. The molecule has 1 atom stereocenters. The van der Waals surface area contributed by atoms with Gasteiger partial charge in [0.25, 0.3) is 0 Å². The second-order valence-electron chi connectivity index (χ2n) is 4.29. The number of hydrogen-bond acceptors (Lipinski definition) is 2. The topological polar surface area (TPSA) is 23.5 Å². The van der Waals surface area contributed by atoms with E-state index in [1.807, 2.05) is 18.2 Å². The SMILES string of the molecule is CCCCN(c1ccccc1O)C(C)CC. The molecular weight excluding hydrogens is 198 g/mol. The third kappa shape index (κ3) is 3.16. The van der Waals surface area contributed by atoms with Crippen LogP contribution in [0.2, 0.25) is 0 Å². The van der Waals surface area contributed by atoms with E-state index in [2.05, 4.69) is 25.7 Å². The average molecular weight is 221 g/mol. The van der Waals surface area contributed by atoms with Crippen molar-refractivity contribution < 1.29 is 5.11 Å². The van der Waals surface area contributed by atoms with Crippen molar-refractivity contribution in [2.45, 2.75) is 46.1 Å². The lowest BCUT2D eigenvalue weighted by molar-refractivity contribution is 0.469. The van der Waals surface area contributed by atoms with Crippen molar-refractivity contribution in [3.8, 4) is 5.75 Å². The molecule has 0 aliphatic rings. The summed E-state index contributed by atoms with van der Waals surface area (Å²) in [6, 6.07) is 8.08. The zero-order chi connectivity index (χ0) is 12.0. The number of anilines is 1. The van der Waals surface area contributed by atoms with Crippen LogP contribution in [-0.2, 0) is 0 Å². The van der Waals surface area contributed by atoms with E-state index in [1.165, 1.54) is 12.8 Å². The largest absolute Gasteiger partial charge is 0.506 e. The van der Waals surface area contributed by atoms with E-state index in [1.54, 1.807) is 6.07 Å². The molecule has 0 fully saturated rings. The number of phenols is 1. The van der Waals surface area contributed by atoms with Crippen molar-refractivity contribution in [3.05, 3.63) is 24.3 Å². The summed E-state index contributed by atoms with van der Waals surface area (Å²) >= 11 is 0. The van der Waals surface area contributed by atoms with Crippen LogP contribution in [0.3, 0.4) is 0 Å². The van der Waals surface area contributed by atoms with Crippen LogP contribution >= 0.6 is 0 Å². The van der Waals surface area contributed by atoms with Gasteiger partial charge in [0.2, 0.25) is 0 Å². The molecule has 0 heterocycles. The van der Waals surface area contributed by atoms with Crippen LogP contribution in [-0.4, -0.2) is 17.7 Å². The van der Waals surface area contributed by atoms with Gasteiger partial charge in [-0.2, -0.15) is 0 Å². The van der Waals surface area contributed by atoms with E-state index >= 15 is 0 Å². The zero-order valence-electron chi connectivity index (χ0n) is 10.6. The molecule has 2 heteroatoms. The predicted molar refractivity (Wildman–Crippen MR) is 70.1 cm³/mol. The molecule has 0 aliphatic heterocycles. The molecule has 0 saturated carbocycles. The minimum Gasteiger partial charge on any atom is -0.506 e. The van der Waals surface area contributed by atoms with E-state index in [9.17, 15) is 5.11 Å². The summed E-state index contributed by atoms with van der Waals surface area (Å²) in [5.41, 5.74) is 0.963. The lowest BCUT2D eigenvalue weighted by Gasteiger charge is -2.31. The highest BCUT2D eigenvalue weighted by molar-refractivity contribution is 5.58. The Kier molecular flexibility index (Phi) is 5.17. The monoisotopic (exact) mass is 221 g/mol. The van der Waals surface area contributed by atoms with E-state index in [4.69, 9.17) is 0 Å². The van der Waals surface area contributed by atoms with E-state index in [0.717, 1.165) is 18.7 Å². The first-order valence-corrected chi connectivity index (χ1v) is 6.25. The van der Waals surface area contributed by atoms with Gasteiger partial charge in [0, 0.05) is 12.6 Å². The number of para-hydroxylation sites is 2. The highest BCUT2D eigenvalue weighted by Gasteiger charge is 2.14. The fraction of sp³-hybridized carbons (Fsp3) is 0.571. The molecule has 0 amide bonds. The predicted octanol–water partition coefficient (Wildman–Crippen LogP) is 3.80. The fourth-order valence-electron chi connectivity index (χ4n) is 1.83. The van der Waals surface area contributed by atoms with Crippen molar-refractivity contribution in [1.82, 2.24) is 0 Å². The Morgan fingerprint density at radius 3 is 2.50 bits per heavy atom. The molecule has 0 aliphatic carbocycles. The maximum Gasteiger partial charge on any atom is 0.138 e. The van der Waals surface area contributed by atoms with Gasteiger partial charge in [0.05, 0.1) is 5.69 Å². The maximum atomic E-state index is 9.88. The fourth-order valence-corrected chi connectivity index (χ4v) is 1.83.